The van der Waals surface area contributed by atoms with Crippen LogP contribution in [0.5, 0.6) is 0 Å². The van der Waals surface area contributed by atoms with E-state index in [1.54, 1.807) is 24.3 Å². The Morgan fingerprint density at radius 1 is 0.636 bits per heavy atom. The maximum absolute atomic E-state index is 13.5. The van der Waals surface area contributed by atoms with Gasteiger partial charge in [-0.05, 0) is 35.4 Å². The molecule has 0 saturated carbocycles. The molecule has 26 nitrogen and oxygen atoms in total. The zero-order valence-electron chi connectivity index (χ0n) is 35.3. The Kier molecular flexibility index (Phi) is 18.9. The largest absolute Gasteiger partial charge is 0.480 e. The number of nitrogens with zero attached hydrogens (tertiary/aromatic N) is 2. The van der Waals surface area contributed by atoms with Gasteiger partial charge in [-0.3, -0.25) is 48.2 Å². The third-order valence-corrected chi connectivity index (χ3v) is 10.3. The van der Waals surface area contributed by atoms with E-state index in [9.17, 15) is 84.3 Å². The van der Waals surface area contributed by atoms with E-state index in [2.05, 4.69) is 21.3 Å². The number of carbonyl (C=O) groups is 8. The van der Waals surface area contributed by atoms with Crippen LogP contribution in [0.15, 0.2) is 48.5 Å². The van der Waals surface area contributed by atoms with E-state index >= 15 is 0 Å². The van der Waals surface area contributed by atoms with Gasteiger partial charge in [0.05, 0.1) is 39.4 Å². The molecule has 26 heteroatoms. The molecule has 2 aliphatic heterocycles. The van der Waals surface area contributed by atoms with Gasteiger partial charge in [0.25, 0.3) is 5.91 Å². The van der Waals surface area contributed by atoms with Crippen LogP contribution < -0.4 is 21.3 Å². The molecule has 0 aliphatic carbocycles. The van der Waals surface area contributed by atoms with Gasteiger partial charge in [0.1, 0.15) is 54.7 Å². The summed E-state index contributed by atoms with van der Waals surface area (Å²) in [7, 11) is 0. The molecular formula is C40H52N6O20. The molecule has 2 fully saturated rings. The Balaban J connectivity index is 1.49. The van der Waals surface area contributed by atoms with Crippen LogP contribution in [-0.2, 0) is 47.8 Å². The molecule has 362 valence electrons. The Bertz CT molecular complexity index is 2030. The maximum Gasteiger partial charge on any atom is 0.317 e. The molecule has 2 saturated heterocycles. The number of carboxylic acid groups (broad SMARTS) is 4. The lowest BCUT2D eigenvalue weighted by molar-refractivity contribution is -0.315. The third kappa shape index (κ3) is 14.4. The highest BCUT2D eigenvalue weighted by Gasteiger charge is 2.52. The van der Waals surface area contributed by atoms with Crippen LogP contribution >= 0.6 is 0 Å². The first-order valence-corrected chi connectivity index (χ1v) is 20.0. The van der Waals surface area contributed by atoms with E-state index in [1.165, 1.54) is 24.3 Å². The van der Waals surface area contributed by atoms with Crippen LogP contribution in [0.2, 0.25) is 0 Å². The molecule has 2 heterocycles. The molecule has 0 bridgehead atoms. The maximum atomic E-state index is 13.5. The first kappa shape index (κ1) is 52.4. The number of anilines is 1. The van der Waals surface area contributed by atoms with Gasteiger partial charge in [-0.25, -0.2) is 0 Å². The van der Waals surface area contributed by atoms with E-state index in [4.69, 9.17) is 14.2 Å². The summed E-state index contributed by atoms with van der Waals surface area (Å²) in [4.78, 5) is 98.8. The van der Waals surface area contributed by atoms with Crippen molar-refractivity contribution in [1.29, 1.82) is 0 Å². The summed E-state index contributed by atoms with van der Waals surface area (Å²) in [5, 5.41) is 99.9. The van der Waals surface area contributed by atoms with Crippen LogP contribution in [0.4, 0.5) is 5.69 Å². The number of aliphatic carboxylic acids is 4. The molecule has 4 rings (SSSR count). The summed E-state index contributed by atoms with van der Waals surface area (Å²) in [6, 6.07) is 7.45. The van der Waals surface area contributed by atoms with Crippen molar-refractivity contribution in [3.05, 3.63) is 54.1 Å². The van der Waals surface area contributed by atoms with Crippen LogP contribution in [0.1, 0.15) is 24.2 Å². The van der Waals surface area contributed by atoms with Crippen molar-refractivity contribution in [1.82, 2.24) is 25.8 Å². The second-order valence-corrected chi connectivity index (χ2v) is 15.3. The fraction of sp³-hybridized carbons (Fsp3) is 0.500. The number of amides is 4. The normalized spacial score (nSPS) is 25.6. The Labute approximate surface area is 374 Å². The number of nitrogens with one attached hydrogen (secondary N) is 4. The molecule has 66 heavy (non-hydrogen) atoms. The molecule has 13 N–H and O–H groups in total. The zero-order chi connectivity index (χ0) is 49.0. The van der Waals surface area contributed by atoms with Gasteiger partial charge in [0.15, 0.2) is 12.5 Å². The SMILES string of the molecule is CC(=O)N[C@@H]1[C@@H](O)[C@H](O[C@@H]2O[C@H](CO)[C@@H](O)[C@H](O)[C@H]2NC(C)=O)[C@@H](CO)O[C@H]1NC(=O)c1ccc(-c2ccc(NC(=O)[C@H](CN(CC(=O)O)CC(=O)O)N(CC(=O)O)CC(=O)O)cc2)cc1. The molecule has 2 aromatic rings. The Morgan fingerprint density at radius 3 is 1.62 bits per heavy atom. The summed E-state index contributed by atoms with van der Waals surface area (Å²) in [5.74, 6) is -8.98. The zero-order valence-corrected chi connectivity index (χ0v) is 35.3. The minimum atomic E-state index is -1.75. The molecule has 0 radical (unpaired) electrons. The van der Waals surface area contributed by atoms with Crippen molar-refractivity contribution in [3.8, 4) is 11.1 Å². The number of hydrogen-bond acceptors (Lipinski definition) is 18. The van der Waals surface area contributed by atoms with Crippen molar-refractivity contribution in [2.24, 2.45) is 0 Å². The monoisotopic (exact) mass is 936 g/mol. The predicted octanol–water partition coefficient (Wildman–Crippen LogP) is -4.76. The average molecular weight is 937 g/mol. The van der Waals surface area contributed by atoms with E-state index in [-0.39, 0.29) is 11.3 Å². The molecule has 0 aromatic heterocycles. The van der Waals surface area contributed by atoms with Crippen molar-refractivity contribution >= 4 is 53.2 Å². The highest BCUT2D eigenvalue weighted by molar-refractivity contribution is 5.96. The smallest absolute Gasteiger partial charge is 0.317 e. The number of aliphatic hydroxyl groups is 5. The fourth-order valence-corrected chi connectivity index (χ4v) is 7.33. The highest BCUT2D eigenvalue weighted by atomic mass is 16.7. The standard InChI is InChI=1S/C40H52N6O20/c1-18(49)41-31-35(61)36(66-40-32(42-19(2)50)34(60)33(59)25(16-47)65-40)26(17-48)64-39(31)44-37(62)22-5-3-20(4-6-22)21-7-9-23(10-8-21)43-38(63)24(46(14-29(55)56)15-30(57)58)11-45(12-27(51)52)13-28(53)54/h3-10,24-26,31-36,39-40,47-48,59-61H,11-17H2,1-2H3,(H,41,49)(H,42,50)(H,43,63)(H,44,62)(H,51,52)(H,53,54)(H,55,56)(H,57,58)/t24-,25+,26+,31+,32+,33+,34+,35+,36+,39+,40-/m0/s1. The van der Waals surface area contributed by atoms with Crippen molar-refractivity contribution < 1.29 is 98.5 Å². The number of rotatable bonds is 22. The Hall–Kier alpha value is -6.20. The van der Waals surface area contributed by atoms with Gasteiger partial charge in [-0.2, -0.15) is 0 Å². The van der Waals surface area contributed by atoms with Gasteiger partial charge >= 0.3 is 23.9 Å². The van der Waals surface area contributed by atoms with Gasteiger partial charge in [0.2, 0.25) is 17.7 Å². The minimum absolute atomic E-state index is 0.0655. The number of aliphatic hydroxyl groups excluding tert-OH is 5. The summed E-state index contributed by atoms with van der Waals surface area (Å²) < 4.78 is 17.4. The van der Waals surface area contributed by atoms with Crippen LogP contribution in [-0.4, -0.2) is 216 Å². The van der Waals surface area contributed by atoms with Crippen LogP contribution in [0.25, 0.3) is 11.1 Å². The number of benzene rings is 2. The summed E-state index contributed by atoms with van der Waals surface area (Å²) in [6.45, 7) is -3.66. The van der Waals surface area contributed by atoms with E-state index < -0.39 is 161 Å². The van der Waals surface area contributed by atoms with Crippen molar-refractivity contribution in [3.63, 3.8) is 0 Å². The van der Waals surface area contributed by atoms with Crippen LogP contribution in [0, 0.1) is 0 Å². The average Bonchev–Trinajstić information content (AvgIpc) is 3.23. The molecule has 0 unspecified atom stereocenters. The number of hydrogen-bond donors (Lipinski definition) is 13. The first-order valence-electron chi connectivity index (χ1n) is 20.0. The lowest BCUT2D eigenvalue weighted by atomic mass is 9.94. The van der Waals surface area contributed by atoms with Crippen molar-refractivity contribution in [2.75, 3.05) is 51.3 Å². The number of carboxylic acids is 4. The predicted molar refractivity (Wildman–Crippen MR) is 220 cm³/mol. The third-order valence-electron chi connectivity index (χ3n) is 10.3. The molecule has 0 spiro atoms. The van der Waals surface area contributed by atoms with E-state index in [0.717, 1.165) is 23.6 Å². The molecule has 2 aromatic carbocycles. The second kappa shape index (κ2) is 23.8. The minimum Gasteiger partial charge on any atom is -0.480 e. The number of ether oxygens (including phenoxy) is 3. The van der Waals surface area contributed by atoms with E-state index in [1.807, 2.05) is 0 Å². The molecular weight excluding hydrogens is 884 g/mol. The Morgan fingerprint density at radius 2 is 1.14 bits per heavy atom. The van der Waals surface area contributed by atoms with Crippen LogP contribution in [0.3, 0.4) is 0 Å². The molecule has 11 atom stereocenters. The highest BCUT2D eigenvalue weighted by Crippen LogP contribution is 2.30. The first-order chi connectivity index (χ1) is 31.1. The summed E-state index contributed by atoms with van der Waals surface area (Å²) >= 11 is 0. The lowest BCUT2D eigenvalue weighted by Gasteiger charge is -2.48. The van der Waals surface area contributed by atoms with E-state index in [0.29, 0.717) is 11.1 Å². The van der Waals surface area contributed by atoms with Gasteiger partial charge in [0, 0.05) is 31.6 Å². The summed E-state index contributed by atoms with van der Waals surface area (Å²) in [6.07, 6.45) is -12.6. The topological polar surface area (TPSA) is 401 Å². The van der Waals surface area contributed by atoms with Gasteiger partial charge in [-0.1, -0.05) is 24.3 Å². The lowest BCUT2D eigenvalue weighted by Crippen LogP contribution is -2.71. The fourth-order valence-electron chi connectivity index (χ4n) is 7.33. The number of carbonyl (C=O) groups excluding carboxylic acids is 4. The summed E-state index contributed by atoms with van der Waals surface area (Å²) in [5.41, 5.74) is 1.31. The van der Waals surface area contributed by atoms with Crippen molar-refractivity contribution in [2.45, 2.75) is 81.1 Å². The van der Waals surface area contributed by atoms with Gasteiger partial charge in [-0.15, -0.1) is 0 Å². The molecule has 2 aliphatic rings. The van der Waals surface area contributed by atoms with Gasteiger partial charge < -0.3 is 81.4 Å². The molecule has 4 amide bonds. The quantitative estimate of drug-likeness (QED) is 0.0527. The second-order valence-electron chi connectivity index (χ2n) is 15.3.